The van der Waals surface area contributed by atoms with Crippen molar-refractivity contribution in [2.75, 3.05) is 12.4 Å². The summed E-state index contributed by atoms with van der Waals surface area (Å²) in [5.74, 6) is -0.982. The minimum atomic E-state index is -3.91. The fourth-order valence-electron chi connectivity index (χ4n) is 3.18. The van der Waals surface area contributed by atoms with Crippen LogP contribution in [-0.2, 0) is 22.1 Å². The molecule has 0 saturated carbocycles. The first kappa shape index (κ1) is 22.0. The van der Waals surface area contributed by atoms with Crippen LogP contribution in [0, 0.1) is 5.82 Å². The first-order valence-corrected chi connectivity index (χ1v) is 12.1. The van der Waals surface area contributed by atoms with E-state index in [9.17, 15) is 17.6 Å². The maximum Gasteiger partial charge on any atom is 0.280 e. The van der Waals surface area contributed by atoms with Crippen LogP contribution in [-0.4, -0.2) is 46.3 Å². The zero-order valence-corrected chi connectivity index (χ0v) is 19.6. The topological polar surface area (TPSA) is 109 Å². The first-order valence-electron chi connectivity index (χ1n) is 9.09. The van der Waals surface area contributed by atoms with Crippen LogP contribution in [0.1, 0.15) is 17.5 Å². The molecule has 2 aromatic heterocycles. The monoisotopic (exact) mass is 528 g/mol. The average molecular weight is 529 g/mol. The highest BCUT2D eigenvalue weighted by Gasteiger charge is 2.41. The minimum absolute atomic E-state index is 0.180. The highest BCUT2D eigenvalue weighted by atomic mass is 79.9. The molecule has 2 atom stereocenters. The molecule has 1 aromatic carbocycles. The van der Waals surface area contributed by atoms with E-state index >= 15 is 0 Å². The molecule has 1 aliphatic heterocycles. The molecule has 2 unspecified atom stereocenters. The Morgan fingerprint density at radius 2 is 2.13 bits per heavy atom. The summed E-state index contributed by atoms with van der Waals surface area (Å²) in [6, 6.07) is 2.40. The summed E-state index contributed by atoms with van der Waals surface area (Å²) in [6.45, 7) is 0. The van der Waals surface area contributed by atoms with Gasteiger partial charge in [0.15, 0.2) is 0 Å². The highest BCUT2D eigenvalue weighted by molar-refractivity contribution is 9.10. The van der Waals surface area contributed by atoms with Gasteiger partial charge in [-0.3, -0.25) is 4.79 Å². The number of imidazole rings is 1. The van der Waals surface area contributed by atoms with Gasteiger partial charge in [-0.1, -0.05) is 0 Å². The van der Waals surface area contributed by atoms with Crippen molar-refractivity contribution < 1.29 is 17.6 Å². The molecule has 1 saturated heterocycles. The van der Waals surface area contributed by atoms with E-state index in [1.54, 1.807) is 17.1 Å². The van der Waals surface area contributed by atoms with Crippen molar-refractivity contribution in [1.82, 2.24) is 23.6 Å². The van der Waals surface area contributed by atoms with Crippen molar-refractivity contribution in [3.63, 3.8) is 0 Å². The number of aromatic nitrogens is 3. The normalized spacial score (nSPS) is 21.2. The quantitative estimate of drug-likeness (QED) is 0.541. The lowest BCUT2D eigenvalue weighted by molar-refractivity contribution is -0.120. The van der Waals surface area contributed by atoms with Gasteiger partial charge in [-0.05, 0) is 40.5 Å². The third-order valence-electron chi connectivity index (χ3n) is 4.84. The number of nitrogens with one attached hydrogen (secondary N) is 2. The van der Waals surface area contributed by atoms with E-state index in [4.69, 9.17) is 0 Å². The van der Waals surface area contributed by atoms with Crippen LogP contribution in [0.4, 0.5) is 10.1 Å². The molecule has 1 amide bonds. The molecule has 2 N–H and O–H groups in total. The lowest BCUT2D eigenvalue weighted by Gasteiger charge is -2.35. The fourth-order valence-corrected chi connectivity index (χ4v) is 5.83. The summed E-state index contributed by atoms with van der Waals surface area (Å²) >= 11 is 4.39. The van der Waals surface area contributed by atoms with E-state index in [-0.39, 0.29) is 10.9 Å². The molecular formula is C18H18BrFN6O3S2. The van der Waals surface area contributed by atoms with Crippen molar-refractivity contribution >= 4 is 49.1 Å². The third-order valence-corrected chi connectivity index (χ3v) is 8.17. The molecule has 3 aromatic rings. The van der Waals surface area contributed by atoms with Crippen LogP contribution >= 0.6 is 27.3 Å². The Balaban J connectivity index is 1.57. The molecule has 4 rings (SSSR count). The summed E-state index contributed by atoms with van der Waals surface area (Å²) in [6.07, 6.45) is 5.33. The van der Waals surface area contributed by atoms with Crippen molar-refractivity contribution in [3.8, 4) is 10.6 Å². The second-order valence-corrected chi connectivity index (χ2v) is 10.7. The molecule has 9 nitrogen and oxygen atoms in total. The van der Waals surface area contributed by atoms with Gasteiger partial charge in [0.05, 0.1) is 27.4 Å². The maximum absolute atomic E-state index is 13.5. The Labute approximate surface area is 190 Å². The van der Waals surface area contributed by atoms with Gasteiger partial charge < -0.3 is 9.88 Å². The number of hydrogen-bond donors (Lipinski definition) is 2. The number of likely N-dealkylation sites (N-methyl/N-ethyl adjacent to an activating group) is 1. The van der Waals surface area contributed by atoms with Crippen molar-refractivity contribution in [1.29, 1.82) is 0 Å². The van der Waals surface area contributed by atoms with E-state index in [1.165, 1.54) is 36.6 Å². The zero-order chi connectivity index (χ0) is 22.3. The van der Waals surface area contributed by atoms with Crippen LogP contribution in [0.25, 0.3) is 10.6 Å². The van der Waals surface area contributed by atoms with E-state index < -0.39 is 34.0 Å². The molecule has 0 spiro atoms. The summed E-state index contributed by atoms with van der Waals surface area (Å²) < 4.78 is 44.3. The fraction of sp³-hybridized carbons (Fsp3) is 0.278. The van der Waals surface area contributed by atoms with Crippen LogP contribution in [0.15, 0.2) is 41.4 Å². The second-order valence-electron chi connectivity index (χ2n) is 7.05. The molecule has 13 heteroatoms. The standard InChI is InChI=1S/C18H18BrFN6O3S2/c1-25-8-14(22-9-25)16-7-21-18(30-16)13-6-15(26(2)31(28,29)24-13)17(27)23-10-3-4-12(20)11(19)5-10/h3-5,7-9,13,15,24H,6H2,1-2H3,(H,23,27). The minimum Gasteiger partial charge on any atom is -0.340 e. The summed E-state index contributed by atoms with van der Waals surface area (Å²) in [7, 11) is -0.720. The number of thiazole rings is 1. The van der Waals surface area contributed by atoms with Crippen molar-refractivity contribution in [2.45, 2.75) is 18.5 Å². The molecule has 3 heterocycles. The first-order chi connectivity index (χ1) is 14.6. The number of amides is 1. The van der Waals surface area contributed by atoms with E-state index in [2.05, 4.69) is 35.9 Å². The van der Waals surface area contributed by atoms with Gasteiger partial charge in [0.25, 0.3) is 10.2 Å². The van der Waals surface area contributed by atoms with Gasteiger partial charge >= 0.3 is 0 Å². The smallest absolute Gasteiger partial charge is 0.280 e. The molecule has 31 heavy (non-hydrogen) atoms. The average Bonchev–Trinajstić information content (AvgIpc) is 3.35. The summed E-state index contributed by atoms with van der Waals surface area (Å²) in [5, 5.41) is 3.20. The molecule has 1 aliphatic rings. The van der Waals surface area contributed by atoms with E-state index in [1.807, 2.05) is 13.2 Å². The Morgan fingerprint density at radius 3 is 2.81 bits per heavy atom. The van der Waals surface area contributed by atoms with Gasteiger partial charge in [-0.25, -0.2) is 14.4 Å². The van der Waals surface area contributed by atoms with Crippen LogP contribution < -0.4 is 10.0 Å². The predicted molar refractivity (Wildman–Crippen MR) is 118 cm³/mol. The van der Waals surface area contributed by atoms with Gasteiger partial charge in [0, 0.05) is 32.2 Å². The van der Waals surface area contributed by atoms with Gasteiger partial charge in [-0.2, -0.15) is 17.4 Å². The molecule has 164 valence electrons. The van der Waals surface area contributed by atoms with Crippen LogP contribution in [0.3, 0.4) is 0 Å². The molecule has 1 fully saturated rings. The Morgan fingerprint density at radius 1 is 1.35 bits per heavy atom. The lowest BCUT2D eigenvalue weighted by Crippen LogP contribution is -2.55. The summed E-state index contributed by atoms with van der Waals surface area (Å²) in [4.78, 5) is 22.3. The predicted octanol–water partition coefficient (Wildman–Crippen LogP) is 2.66. The summed E-state index contributed by atoms with van der Waals surface area (Å²) in [5.41, 5.74) is 1.09. The number of hydrogen-bond acceptors (Lipinski definition) is 6. The number of carbonyl (C=O) groups is 1. The number of rotatable bonds is 4. The van der Waals surface area contributed by atoms with Crippen molar-refractivity contribution in [2.24, 2.45) is 7.05 Å². The SMILES string of the molecule is CN1C(C(=O)Nc2ccc(F)c(Br)c2)CC(c2ncc(-c3cn(C)cn3)s2)NS1(=O)=O. The van der Waals surface area contributed by atoms with Gasteiger partial charge in [-0.15, -0.1) is 11.3 Å². The Hall–Kier alpha value is -2.19. The number of benzene rings is 1. The molecule has 0 aliphatic carbocycles. The van der Waals surface area contributed by atoms with Crippen LogP contribution in [0.5, 0.6) is 0 Å². The van der Waals surface area contributed by atoms with Crippen molar-refractivity contribution in [3.05, 3.63) is 52.2 Å². The number of halogens is 2. The second kappa shape index (κ2) is 8.39. The Bertz CT molecular complexity index is 1240. The van der Waals surface area contributed by atoms with Gasteiger partial charge in [0.2, 0.25) is 5.91 Å². The van der Waals surface area contributed by atoms with Gasteiger partial charge in [0.1, 0.15) is 16.9 Å². The maximum atomic E-state index is 13.5. The lowest BCUT2D eigenvalue weighted by atomic mass is 10.1. The number of nitrogens with zero attached hydrogens (tertiary/aromatic N) is 4. The largest absolute Gasteiger partial charge is 0.340 e. The number of carbonyl (C=O) groups excluding carboxylic acids is 1. The van der Waals surface area contributed by atoms with E-state index in [0.29, 0.717) is 10.7 Å². The highest BCUT2D eigenvalue weighted by Crippen LogP contribution is 2.34. The molecule has 0 bridgehead atoms. The third kappa shape index (κ3) is 4.55. The zero-order valence-electron chi connectivity index (χ0n) is 16.4. The molecule has 0 radical (unpaired) electrons. The van der Waals surface area contributed by atoms with Crippen LogP contribution in [0.2, 0.25) is 0 Å². The number of anilines is 1. The number of aryl methyl sites for hydroxylation is 1. The van der Waals surface area contributed by atoms with E-state index in [0.717, 1.165) is 14.9 Å². The Kier molecular flexibility index (Phi) is 5.96. The molecular weight excluding hydrogens is 511 g/mol.